The maximum absolute atomic E-state index is 14.8. The molecule has 2 aromatic rings. The van der Waals surface area contributed by atoms with E-state index in [1.165, 1.54) is 12.1 Å². The van der Waals surface area contributed by atoms with E-state index in [2.05, 4.69) is 6.08 Å². The lowest BCUT2D eigenvalue weighted by molar-refractivity contribution is -0.157. The van der Waals surface area contributed by atoms with Crippen LogP contribution in [-0.4, -0.2) is 25.3 Å². The van der Waals surface area contributed by atoms with E-state index in [9.17, 15) is 22.4 Å². The first kappa shape index (κ1) is 32.4. The summed E-state index contributed by atoms with van der Waals surface area (Å²) < 4.78 is 74.8. The zero-order valence-electron chi connectivity index (χ0n) is 25.8. The van der Waals surface area contributed by atoms with Crippen LogP contribution >= 0.6 is 0 Å². The van der Waals surface area contributed by atoms with Gasteiger partial charge < -0.3 is 14.2 Å². The number of benzene rings is 2. The van der Waals surface area contributed by atoms with Crippen molar-refractivity contribution in [3.05, 3.63) is 64.7 Å². The van der Waals surface area contributed by atoms with Crippen molar-refractivity contribution < 1.29 is 36.6 Å². The molecule has 0 amide bonds. The second-order valence-corrected chi connectivity index (χ2v) is 12.6. The van der Waals surface area contributed by atoms with Gasteiger partial charge in [0.2, 0.25) is 11.6 Å². The van der Waals surface area contributed by atoms with Gasteiger partial charge in [-0.1, -0.05) is 19.1 Å². The number of carbonyl (C=O) groups is 1. The van der Waals surface area contributed by atoms with E-state index < -0.39 is 23.3 Å². The summed E-state index contributed by atoms with van der Waals surface area (Å²) in [5.41, 5.74) is 1.53. The van der Waals surface area contributed by atoms with Gasteiger partial charge in [-0.2, -0.15) is 8.78 Å². The molecule has 2 saturated carbocycles. The Kier molecular flexibility index (Phi) is 10.9. The van der Waals surface area contributed by atoms with E-state index in [1.54, 1.807) is 19.1 Å². The van der Waals surface area contributed by atoms with Crippen LogP contribution in [0.25, 0.3) is 5.57 Å². The zero-order valence-corrected chi connectivity index (χ0v) is 25.8. The summed E-state index contributed by atoms with van der Waals surface area (Å²) in [6, 6.07) is 6.24. The van der Waals surface area contributed by atoms with Crippen molar-refractivity contribution >= 4 is 11.5 Å². The minimum absolute atomic E-state index is 0.0548. The molecule has 2 fully saturated rings. The van der Waals surface area contributed by atoms with Crippen molar-refractivity contribution in [2.45, 2.75) is 103 Å². The SMILES string of the molecule is CCCOc1ccc(C2CCC(C(=O)OC3CCC(C4CC=C(c5ccc(OCC)c(F)c5F)CC4)CC3)CC2)c(F)c1F. The highest BCUT2D eigenvalue weighted by atomic mass is 19.2. The molecule has 0 N–H and O–H groups in total. The fourth-order valence-corrected chi connectivity index (χ4v) is 7.34. The van der Waals surface area contributed by atoms with Gasteiger partial charge in [0.05, 0.1) is 19.1 Å². The number of hydrogen-bond acceptors (Lipinski definition) is 4. The van der Waals surface area contributed by atoms with Crippen LogP contribution in [0.1, 0.15) is 108 Å². The molecule has 5 rings (SSSR count). The molecule has 0 bridgehead atoms. The Morgan fingerprint density at radius 1 is 0.750 bits per heavy atom. The van der Waals surface area contributed by atoms with Crippen LogP contribution in [0.5, 0.6) is 11.5 Å². The van der Waals surface area contributed by atoms with Crippen LogP contribution < -0.4 is 9.47 Å². The van der Waals surface area contributed by atoms with Gasteiger partial charge in [0.1, 0.15) is 6.10 Å². The minimum atomic E-state index is -0.935. The number of allylic oxidation sites excluding steroid dienone is 2. The summed E-state index contributed by atoms with van der Waals surface area (Å²) >= 11 is 0. The van der Waals surface area contributed by atoms with Gasteiger partial charge in [-0.3, -0.25) is 4.79 Å². The second kappa shape index (κ2) is 14.8. The Labute approximate surface area is 258 Å². The Morgan fingerprint density at radius 2 is 1.43 bits per heavy atom. The molecule has 0 aliphatic heterocycles. The summed E-state index contributed by atoms with van der Waals surface area (Å²) in [7, 11) is 0. The average Bonchev–Trinajstić information content (AvgIpc) is 3.05. The van der Waals surface area contributed by atoms with Gasteiger partial charge >= 0.3 is 5.97 Å². The van der Waals surface area contributed by atoms with Gasteiger partial charge in [0.15, 0.2) is 23.1 Å². The zero-order chi connectivity index (χ0) is 31.2. The maximum Gasteiger partial charge on any atom is 0.309 e. The maximum atomic E-state index is 14.8. The summed E-state index contributed by atoms with van der Waals surface area (Å²) in [6.45, 7) is 4.25. The van der Waals surface area contributed by atoms with Gasteiger partial charge in [-0.05, 0) is 131 Å². The molecule has 240 valence electrons. The number of carbonyl (C=O) groups excluding carboxylic acids is 1. The smallest absolute Gasteiger partial charge is 0.309 e. The van der Waals surface area contributed by atoms with E-state index in [1.807, 2.05) is 6.92 Å². The van der Waals surface area contributed by atoms with E-state index in [0.29, 0.717) is 68.1 Å². The Balaban J connectivity index is 1.06. The van der Waals surface area contributed by atoms with Gasteiger partial charge in [-0.25, -0.2) is 8.78 Å². The quantitative estimate of drug-likeness (QED) is 0.197. The molecule has 0 spiro atoms. The highest BCUT2D eigenvalue weighted by molar-refractivity contribution is 5.72. The highest BCUT2D eigenvalue weighted by Gasteiger charge is 2.34. The molecule has 0 heterocycles. The van der Waals surface area contributed by atoms with Crippen LogP contribution in [0.3, 0.4) is 0 Å². The van der Waals surface area contributed by atoms with Crippen molar-refractivity contribution in [2.24, 2.45) is 17.8 Å². The summed E-state index contributed by atoms with van der Waals surface area (Å²) in [5.74, 6) is -3.16. The van der Waals surface area contributed by atoms with E-state index in [-0.39, 0.29) is 42.0 Å². The molecular weight excluding hydrogens is 572 g/mol. The van der Waals surface area contributed by atoms with Gasteiger partial charge in [-0.15, -0.1) is 0 Å². The Morgan fingerprint density at radius 3 is 2.09 bits per heavy atom. The lowest BCUT2D eigenvalue weighted by atomic mass is 9.72. The second-order valence-electron chi connectivity index (χ2n) is 12.6. The van der Waals surface area contributed by atoms with Crippen LogP contribution in [0.15, 0.2) is 30.3 Å². The monoisotopic (exact) mass is 616 g/mol. The summed E-state index contributed by atoms with van der Waals surface area (Å²) in [6.07, 6.45) is 11.2. The van der Waals surface area contributed by atoms with E-state index >= 15 is 0 Å². The third kappa shape index (κ3) is 7.26. The number of esters is 1. The third-order valence-corrected chi connectivity index (χ3v) is 9.85. The van der Waals surface area contributed by atoms with Crippen LogP contribution in [0, 0.1) is 41.0 Å². The fourth-order valence-electron chi connectivity index (χ4n) is 7.34. The predicted octanol–water partition coefficient (Wildman–Crippen LogP) is 9.69. The molecule has 0 radical (unpaired) electrons. The molecule has 4 nitrogen and oxygen atoms in total. The molecule has 44 heavy (non-hydrogen) atoms. The van der Waals surface area contributed by atoms with Gasteiger partial charge in [0.25, 0.3) is 0 Å². The number of ether oxygens (including phenoxy) is 3. The molecule has 2 aromatic carbocycles. The van der Waals surface area contributed by atoms with Crippen molar-refractivity contribution in [3.8, 4) is 11.5 Å². The lowest BCUT2D eigenvalue weighted by Gasteiger charge is -2.36. The standard InChI is InChI=1S/C36H44F4O4/c1-3-21-43-31-20-18-29(33(38)35(31)40)25-9-11-26(12-10-25)36(41)44-27-15-13-23(14-16-27)22-5-7-24(8-6-22)28-17-19-30(42-4-2)34(39)32(28)37/h7,17-20,22-23,25-27H,3-6,8-16,21H2,1-2H3. The predicted molar refractivity (Wildman–Crippen MR) is 162 cm³/mol. The van der Waals surface area contributed by atoms with Crippen LogP contribution in [0.2, 0.25) is 0 Å². The van der Waals surface area contributed by atoms with Crippen LogP contribution in [0.4, 0.5) is 17.6 Å². The lowest BCUT2D eigenvalue weighted by Crippen LogP contribution is -2.31. The fraction of sp³-hybridized carbons (Fsp3) is 0.583. The Hall–Kier alpha value is -3.03. The number of rotatable bonds is 10. The summed E-state index contributed by atoms with van der Waals surface area (Å²) in [4.78, 5) is 13.0. The topological polar surface area (TPSA) is 44.8 Å². The number of hydrogen-bond donors (Lipinski definition) is 0. The number of halogens is 4. The first-order valence-electron chi connectivity index (χ1n) is 16.4. The molecule has 0 aromatic heterocycles. The molecule has 8 heteroatoms. The van der Waals surface area contributed by atoms with Gasteiger partial charge in [0, 0.05) is 5.56 Å². The van der Waals surface area contributed by atoms with Crippen molar-refractivity contribution in [2.75, 3.05) is 13.2 Å². The highest BCUT2D eigenvalue weighted by Crippen LogP contribution is 2.43. The normalized spacial score (nSPS) is 25.7. The van der Waals surface area contributed by atoms with E-state index in [4.69, 9.17) is 14.2 Å². The third-order valence-electron chi connectivity index (χ3n) is 9.85. The van der Waals surface area contributed by atoms with Crippen molar-refractivity contribution in [1.82, 2.24) is 0 Å². The largest absolute Gasteiger partial charge is 0.491 e. The molecule has 1 unspecified atom stereocenters. The Bertz CT molecular complexity index is 1330. The van der Waals surface area contributed by atoms with E-state index in [0.717, 1.165) is 44.1 Å². The minimum Gasteiger partial charge on any atom is -0.491 e. The molecule has 3 aliphatic carbocycles. The molecule has 1 atom stereocenters. The van der Waals surface area contributed by atoms with Crippen molar-refractivity contribution in [1.29, 1.82) is 0 Å². The molecule has 3 aliphatic rings. The molecular formula is C36H44F4O4. The summed E-state index contributed by atoms with van der Waals surface area (Å²) in [5, 5.41) is 0. The average molecular weight is 617 g/mol. The molecule has 0 saturated heterocycles. The van der Waals surface area contributed by atoms with Crippen LogP contribution in [-0.2, 0) is 9.53 Å². The first-order valence-corrected chi connectivity index (χ1v) is 16.4. The first-order chi connectivity index (χ1) is 21.3. The van der Waals surface area contributed by atoms with Crippen molar-refractivity contribution in [3.63, 3.8) is 0 Å².